The van der Waals surface area contributed by atoms with Gasteiger partial charge in [-0.05, 0) is 61.7 Å². The number of aliphatic carboxylic acids is 2. The van der Waals surface area contributed by atoms with Crippen LogP contribution in [0.4, 0.5) is 26.3 Å². The number of hydrogen-bond acceptors (Lipinski definition) is 7. The SMILES string of the molecule is CC(C)CN1CC2(CCN(Cc3ccncc3)CC2)COc2ccccc2S1(=O)=O.O=C(O)C(F)(F)F.O=C(O)C(F)(F)F. The summed E-state index contributed by atoms with van der Waals surface area (Å²) in [5.41, 5.74) is 1.09. The first-order valence-electron chi connectivity index (χ1n) is 13.2. The van der Waals surface area contributed by atoms with Crippen molar-refractivity contribution in [3.8, 4) is 5.75 Å². The van der Waals surface area contributed by atoms with Crippen molar-refractivity contribution >= 4 is 22.0 Å². The van der Waals surface area contributed by atoms with E-state index in [1.165, 1.54) is 5.56 Å². The molecule has 44 heavy (non-hydrogen) atoms. The van der Waals surface area contributed by atoms with Crippen LogP contribution < -0.4 is 4.74 Å². The van der Waals surface area contributed by atoms with Crippen LogP contribution >= 0.6 is 0 Å². The summed E-state index contributed by atoms with van der Waals surface area (Å²) in [7, 11) is -3.59. The number of ether oxygens (including phenoxy) is 1. The van der Waals surface area contributed by atoms with Gasteiger partial charge in [0.25, 0.3) is 0 Å². The Morgan fingerprint density at radius 1 is 0.955 bits per heavy atom. The lowest BCUT2D eigenvalue weighted by Crippen LogP contribution is -2.52. The van der Waals surface area contributed by atoms with Gasteiger partial charge in [0.2, 0.25) is 10.0 Å². The van der Waals surface area contributed by atoms with Crippen molar-refractivity contribution in [3.63, 3.8) is 0 Å². The fourth-order valence-electron chi connectivity index (χ4n) is 4.46. The lowest BCUT2D eigenvalue weighted by molar-refractivity contribution is -0.193. The highest BCUT2D eigenvalue weighted by molar-refractivity contribution is 7.89. The smallest absolute Gasteiger partial charge is 0.490 e. The number of carbonyl (C=O) groups is 2. The largest absolute Gasteiger partial charge is 0.492 e. The van der Waals surface area contributed by atoms with Crippen LogP contribution in [-0.2, 0) is 26.2 Å². The third kappa shape index (κ3) is 10.9. The van der Waals surface area contributed by atoms with Crippen molar-refractivity contribution in [1.29, 1.82) is 0 Å². The summed E-state index contributed by atoms with van der Waals surface area (Å²) in [6, 6.07) is 11.1. The zero-order valence-electron chi connectivity index (χ0n) is 23.8. The van der Waals surface area contributed by atoms with Gasteiger partial charge in [0.1, 0.15) is 10.6 Å². The minimum Gasteiger partial charge on any atom is -0.492 e. The van der Waals surface area contributed by atoms with E-state index in [0.717, 1.165) is 32.5 Å². The van der Waals surface area contributed by atoms with E-state index in [9.17, 15) is 34.8 Å². The van der Waals surface area contributed by atoms with Crippen molar-refractivity contribution < 1.29 is 59.3 Å². The average Bonchev–Trinajstić information content (AvgIpc) is 2.92. The van der Waals surface area contributed by atoms with E-state index < -0.39 is 34.3 Å². The van der Waals surface area contributed by atoms with Gasteiger partial charge in [0.15, 0.2) is 0 Å². The Bertz CT molecular complexity index is 1320. The number of hydrogen-bond donors (Lipinski definition) is 2. The van der Waals surface area contributed by atoms with Crippen LogP contribution in [0.5, 0.6) is 5.75 Å². The maximum atomic E-state index is 13.5. The summed E-state index contributed by atoms with van der Waals surface area (Å²) < 4.78 is 98.3. The van der Waals surface area contributed by atoms with E-state index in [-0.39, 0.29) is 16.2 Å². The number of aromatic nitrogens is 1. The molecule has 1 spiro atoms. The lowest BCUT2D eigenvalue weighted by Gasteiger charge is -2.45. The third-order valence-corrected chi connectivity index (χ3v) is 8.49. The number of fused-ring (bicyclic) bond motifs is 1. The molecule has 1 fully saturated rings. The number of rotatable bonds is 4. The number of nitrogens with zero attached hydrogens (tertiary/aromatic N) is 3. The van der Waals surface area contributed by atoms with Gasteiger partial charge in [-0.2, -0.15) is 30.6 Å². The zero-order valence-corrected chi connectivity index (χ0v) is 24.6. The van der Waals surface area contributed by atoms with Crippen LogP contribution in [0.15, 0.2) is 53.7 Å². The number of sulfonamides is 1. The molecule has 17 heteroatoms. The first-order chi connectivity index (χ1) is 20.3. The number of carboxylic acids is 2. The predicted molar refractivity (Wildman–Crippen MR) is 144 cm³/mol. The lowest BCUT2D eigenvalue weighted by atomic mass is 9.78. The first kappa shape index (κ1) is 36.8. The van der Waals surface area contributed by atoms with Crippen LogP contribution in [0, 0.1) is 11.3 Å². The van der Waals surface area contributed by atoms with Gasteiger partial charge in [-0.25, -0.2) is 18.0 Å². The number of halogens is 6. The number of benzene rings is 1. The number of alkyl halides is 6. The molecule has 0 aliphatic carbocycles. The average molecular weight is 658 g/mol. The molecule has 10 nitrogen and oxygen atoms in total. The van der Waals surface area contributed by atoms with Gasteiger partial charge in [-0.15, -0.1) is 0 Å². The van der Waals surface area contributed by atoms with E-state index in [0.29, 0.717) is 25.4 Å². The summed E-state index contributed by atoms with van der Waals surface area (Å²) in [5, 5.41) is 14.2. The molecule has 0 bridgehead atoms. The summed E-state index contributed by atoms with van der Waals surface area (Å²) in [6.07, 6.45) is -4.67. The molecule has 1 saturated heterocycles. The van der Waals surface area contributed by atoms with Crippen molar-refractivity contribution in [3.05, 3.63) is 54.4 Å². The van der Waals surface area contributed by atoms with E-state index in [4.69, 9.17) is 24.5 Å². The molecule has 3 heterocycles. The zero-order chi connectivity index (χ0) is 33.3. The van der Waals surface area contributed by atoms with E-state index in [1.807, 2.05) is 18.5 Å². The van der Waals surface area contributed by atoms with Crippen LogP contribution in [0.3, 0.4) is 0 Å². The molecular formula is C27H33F6N3O7S. The quantitative estimate of drug-likeness (QED) is 0.450. The molecule has 0 radical (unpaired) electrons. The number of para-hydroxylation sites is 1. The molecule has 246 valence electrons. The number of carboxylic acid groups (broad SMARTS) is 2. The summed E-state index contributed by atoms with van der Waals surface area (Å²) in [4.78, 5) is 24.6. The molecule has 4 rings (SSSR count). The Morgan fingerprint density at radius 3 is 1.93 bits per heavy atom. The minimum absolute atomic E-state index is 0.162. The van der Waals surface area contributed by atoms with Gasteiger partial charge >= 0.3 is 24.3 Å². The number of pyridine rings is 1. The second-order valence-electron chi connectivity index (χ2n) is 10.7. The summed E-state index contributed by atoms with van der Waals surface area (Å²) in [5.74, 6) is -4.78. The van der Waals surface area contributed by atoms with Crippen molar-refractivity contribution in [1.82, 2.24) is 14.2 Å². The predicted octanol–water partition coefficient (Wildman–Crippen LogP) is 4.67. The van der Waals surface area contributed by atoms with Gasteiger partial charge < -0.3 is 14.9 Å². The van der Waals surface area contributed by atoms with Gasteiger partial charge in [0.05, 0.1) is 6.61 Å². The molecule has 1 aromatic heterocycles. The fraction of sp³-hybridized carbons (Fsp3) is 0.519. The molecular weight excluding hydrogens is 624 g/mol. The van der Waals surface area contributed by atoms with Crippen LogP contribution in [0.25, 0.3) is 0 Å². The Kier molecular flexibility index (Phi) is 12.6. The molecule has 0 saturated carbocycles. The monoisotopic (exact) mass is 657 g/mol. The second-order valence-corrected chi connectivity index (χ2v) is 12.6. The third-order valence-electron chi connectivity index (χ3n) is 6.64. The Hall–Kier alpha value is -3.44. The van der Waals surface area contributed by atoms with Crippen molar-refractivity contribution in [2.75, 3.05) is 32.8 Å². The maximum Gasteiger partial charge on any atom is 0.490 e. The normalized spacial score (nSPS) is 18.3. The highest BCUT2D eigenvalue weighted by Gasteiger charge is 2.43. The highest BCUT2D eigenvalue weighted by atomic mass is 32.2. The van der Waals surface area contributed by atoms with Crippen molar-refractivity contribution in [2.45, 2.75) is 50.5 Å². The van der Waals surface area contributed by atoms with Gasteiger partial charge in [-0.1, -0.05) is 26.0 Å². The van der Waals surface area contributed by atoms with Crippen molar-refractivity contribution in [2.24, 2.45) is 11.3 Å². The van der Waals surface area contributed by atoms with Gasteiger partial charge in [0, 0.05) is 37.4 Å². The molecule has 0 unspecified atom stereocenters. The molecule has 2 aliphatic heterocycles. The summed E-state index contributed by atoms with van der Waals surface area (Å²) >= 11 is 0. The number of likely N-dealkylation sites (tertiary alicyclic amines) is 1. The van der Waals surface area contributed by atoms with Crippen LogP contribution in [-0.4, -0.2) is 89.9 Å². The molecule has 2 N–H and O–H groups in total. The van der Waals surface area contributed by atoms with Gasteiger partial charge in [-0.3, -0.25) is 9.88 Å². The second kappa shape index (κ2) is 15.0. The first-order valence-corrected chi connectivity index (χ1v) is 14.6. The molecule has 1 aromatic carbocycles. The Labute approximate surface area is 250 Å². The topological polar surface area (TPSA) is 137 Å². The van der Waals surface area contributed by atoms with Crippen LogP contribution in [0.1, 0.15) is 32.3 Å². The number of piperidine rings is 1. The van der Waals surface area contributed by atoms with E-state index in [1.54, 1.807) is 22.5 Å². The van der Waals surface area contributed by atoms with E-state index in [2.05, 4.69) is 35.9 Å². The molecule has 2 aliphatic rings. The minimum atomic E-state index is -5.08. The Balaban J connectivity index is 0.000000402. The van der Waals surface area contributed by atoms with Crippen LogP contribution in [0.2, 0.25) is 0 Å². The molecule has 0 atom stereocenters. The summed E-state index contributed by atoms with van der Waals surface area (Å²) in [6.45, 7) is 8.50. The molecule has 0 amide bonds. The standard InChI is InChI=1S/C23H31N3O3S.2C2HF3O2/c1-19(2)15-26-17-23(18-29-21-5-3-4-6-22(21)30(26,27)28)9-13-25(14-10-23)16-20-7-11-24-12-8-20;2*3-2(4,5)1(6)7/h3-8,11-12,19H,9-10,13-18H2,1-2H3;2*(H,6,7). The highest BCUT2D eigenvalue weighted by Crippen LogP contribution is 2.39. The fourth-order valence-corrected chi connectivity index (χ4v) is 6.31. The van der Waals surface area contributed by atoms with E-state index >= 15 is 0 Å². The Morgan fingerprint density at radius 2 is 1.45 bits per heavy atom. The molecule has 2 aromatic rings. The maximum absolute atomic E-state index is 13.5.